The monoisotopic (exact) mass is 379 g/mol. The Morgan fingerprint density at radius 1 is 1.07 bits per heavy atom. The molecular formula is C22H22FN3O2. The van der Waals surface area contributed by atoms with Crippen LogP contribution in [0.25, 0.3) is 11.1 Å². The highest BCUT2D eigenvalue weighted by Crippen LogP contribution is 2.42. The van der Waals surface area contributed by atoms with Crippen molar-refractivity contribution in [3.05, 3.63) is 59.9 Å². The number of hydrogen-bond acceptors (Lipinski definition) is 4. The number of rotatable bonds is 3. The van der Waals surface area contributed by atoms with Crippen molar-refractivity contribution in [3.63, 3.8) is 0 Å². The van der Waals surface area contributed by atoms with Gasteiger partial charge < -0.3 is 14.2 Å². The molecule has 144 valence electrons. The van der Waals surface area contributed by atoms with Gasteiger partial charge in [-0.25, -0.2) is 4.39 Å². The van der Waals surface area contributed by atoms with Crippen LogP contribution in [0.15, 0.2) is 52.9 Å². The maximum absolute atomic E-state index is 13.3. The Balaban J connectivity index is 1.34. The minimum absolute atomic E-state index is 0.196. The molecule has 3 aromatic rings. The molecule has 1 amide bonds. The number of amides is 1. The van der Waals surface area contributed by atoms with Gasteiger partial charge in [0, 0.05) is 26.2 Å². The number of hydrogen-bond donors (Lipinski definition) is 0. The molecule has 5 rings (SSSR count). The maximum Gasteiger partial charge on any atom is 0.298 e. The Morgan fingerprint density at radius 3 is 2.71 bits per heavy atom. The van der Waals surface area contributed by atoms with Crippen molar-refractivity contribution >= 4 is 23.0 Å². The predicted molar refractivity (Wildman–Crippen MR) is 104 cm³/mol. The van der Waals surface area contributed by atoms with Crippen LogP contribution in [0.2, 0.25) is 0 Å². The first-order valence-electron chi connectivity index (χ1n) is 9.77. The Bertz CT molecular complexity index is 983. The number of halogens is 1. The van der Waals surface area contributed by atoms with Crippen LogP contribution >= 0.6 is 0 Å². The summed E-state index contributed by atoms with van der Waals surface area (Å²) < 4.78 is 19.1. The molecule has 28 heavy (non-hydrogen) atoms. The molecular weight excluding hydrogens is 357 g/mol. The molecule has 2 aromatic carbocycles. The Hall–Kier alpha value is -2.89. The zero-order valence-electron chi connectivity index (χ0n) is 15.6. The molecule has 0 saturated carbocycles. The van der Waals surface area contributed by atoms with Gasteiger partial charge in [0.05, 0.1) is 5.41 Å². The molecule has 6 heteroatoms. The standard InChI is InChI=1S/C22H22FN3O2/c23-17-8-6-16(7-9-17)14-25-12-3-10-22(20(25)27)11-13-26(15-22)21-24-18-4-1-2-5-19(18)28-21/h1-2,4-9H,3,10-15H2. The van der Waals surface area contributed by atoms with Crippen molar-refractivity contribution in [2.24, 2.45) is 5.41 Å². The molecule has 0 aliphatic carbocycles. The van der Waals surface area contributed by atoms with Crippen molar-refractivity contribution in [1.29, 1.82) is 0 Å². The number of anilines is 1. The van der Waals surface area contributed by atoms with E-state index in [-0.39, 0.29) is 17.1 Å². The lowest BCUT2D eigenvalue weighted by Crippen LogP contribution is -2.49. The second-order valence-corrected chi connectivity index (χ2v) is 7.87. The Kier molecular flexibility index (Phi) is 4.07. The highest BCUT2D eigenvalue weighted by atomic mass is 19.1. The van der Waals surface area contributed by atoms with E-state index in [1.807, 2.05) is 29.2 Å². The number of likely N-dealkylation sites (tertiary alicyclic amines) is 1. The smallest absolute Gasteiger partial charge is 0.298 e. The molecule has 2 saturated heterocycles. The summed E-state index contributed by atoms with van der Waals surface area (Å²) in [5.74, 6) is -0.0587. The Labute approximate surface area is 162 Å². The summed E-state index contributed by atoms with van der Waals surface area (Å²) in [4.78, 5) is 22.0. The van der Waals surface area contributed by atoms with Gasteiger partial charge in [-0.15, -0.1) is 0 Å². The fourth-order valence-corrected chi connectivity index (χ4v) is 4.52. The van der Waals surface area contributed by atoms with Gasteiger partial charge in [-0.2, -0.15) is 4.98 Å². The minimum Gasteiger partial charge on any atom is -0.423 e. The molecule has 5 nitrogen and oxygen atoms in total. The number of nitrogens with zero attached hydrogens (tertiary/aromatic N) is 3. The zero-order valence-corrected chi connectivity index (χ0v) is 15.6. The van der Waals surface area contributed by atoms with Gasteiger partial charge in [0.15, 0.2) is 5.58 Å². The number of carbonyl (C=O) groups excluding carboxylic acids is 1. The second-order valence-electron chi connectivity index (χ2n) is 7.87. The first kappa shape index (κ1) is 17.2. The number of oxazole rings is 1. The quantitative estimate of drug-likeness (QED) is 0.691. The van der Waals surface area contributed by atoms with E-state index >= 15 is 0 Å². The molecule has 1 spiro atoms. The predicted octanol–water partition coefficient (Wildman–Crippen LogP) is 3.99. The largest absolute Gasteiger partial charge is 0.423 e. The van der Waals surface area contributed by atoms with Gasteiger partial charge in [-0.3, -0.25) is 4.79 Å². The van der Waals surface area contributed by atoms with Crippen molar-refractivity contribution in [2.45, 2.75) is 25.8 Å². The molecule has 3 heterocycles. The van der Waals surface area contributed by atoms with Crippen LogP contribution in [0.4, 0.5) is 10.4 Å². The maximum atomic E-state index is 13.3. The van der Waals surface area contributed by atoms with E-state index < -0.39 is 0 Å². The summed E-state index contributed by atoms with van der Waals surface area (Å²) in [7, 11) is 0. The number of para-hydroxylation sites is 2. The average molecular weight is 379 g/mol. The number of aromatic nitrogens is 1. The van der Waals surface area contributed by atoms with Gasteiger partial charge in [0.1, 0.15) is 11.3 Å². The van der Waals surface area contributed by atoms with Crippen molar-refractivity contribution in [3.8, 4) is 0 Å². The molecule has 1 aromatic heterocycles. The summed E-state index contributed by atoms with van der Waals surface area (Å²) in [6, 6.07) is 14.7. The van der Waals surface area contributed by atoms with E-state index in [0.717, 1.165) is 49.0 Å². The van der Waals surface area contributed by atoms with Crippen LogP contribution in [-0.2, 0) is 11.3 Å². The average Bonchev–Trinajstić information content (AvgIpc) is 3.32. The molecule has 2 fully saturated rings. The molecule has 2 aliphatic heterocycles. The molecule has 0 bridgehead atoms. The van der Waals surface area contributed by atoms with Gasteiger partial charge in [0.2, 0.25) is 5.91 Å². The van der Waals surface area contributed by atoms with E-state index in [4.69, 9.17) is 4.42 Å². The second kappa shape index (κ2) is 6.62. The SMILES string of the molecule is O=C1N(Cc2ccc(F)cc2)CCCC12CCN(c1nc3ccccc3o1)C2. The van der Waals surface area contributed by atoms with Crippen LogP contribution in [-0.4, -0.2) is 35.4 Å². The fraction of sp³-hybridized carbons (Fsp3) is 0.364. The van der Waals surface area contributed by atoms with Gasteiger partial charge in [-0.05, 0) is 49.1 Å². The molecule has 0 N–H and O–H groups in total. The normalized spacial score (nSPS) is 22.5. The van der Waals surface area contributed by atoms with Crippen molar-refractivity contribution in [1.82, 2.24) is 9.88 Å². The Morgan fingerprint density at radius 2 is 1.89 bits per heavy atom. The van der Waals surface area contributed by atoms with Crippen molar-refractivity contribution < 1.29 is 13.6 Å². The van der Waals surface area contributed by atoms with E-state index in [9.17, 15) is 9.18 Å². The summed E-state index contributed by atoms with van der Waals surface area (Å²) in [5.41, 5.74) is 2.19. The van der Waals surface area contributed by atoms with Crippen LogP contribution in [0.5, 0.6) is 0 Å². The molecule has 1 unspecified atom stereocenters. The topological polar surface area (TPSA) is 49.6 Å². The van der Waals surface area contributed by atoms with Gasteiger partial charge >= 0.3 is 0 Å². The zero-order chi connectivity index (χ0) is 19.1. The molecule has 0 radical (unpaired) electrons. The van der Waals surface area contributed by atoms with E-state index in [1.54, 1.807) is 12.1 Å². The van der Waals surface area contributed by atoms with Crippen LogP contribution in [0, 0.1) is 11.2 Å². The fourth-order valence-electron chi connectivity index (χ4n) is 4.52. The van der Waals surface area contributed by atoms with Crippen LogP contribution in [0.3, 0.4) is 0 Å². The first-order chi connectivity index (χ1) is 13.6. The number of carbonyl (C=O) groups is 1. The number of piperidine rings is 1. The molecule has 1 atom stereocenters. The highest BCUT2D eigenvalue weighted by Gasteiger charge is 2.49. The van der Waals surface area contributed by atoms with E-state index in [1.165, 1.54) is 12.1 Å². The van der Waals surface area contributed by atoms with Gasteiger partial charge in [0.25, 0.3) is 6.01 Å². The van der Waals surface area contributed by atoms with Crippen LogP contribution in [0.1, 0.15) is 24.8 Å². The minimum atomic E-state index is -0.376. The third-order valence-corrected chi connectivity index (χ3v) is 6.02. The van der Waals surface area contributed by atoms with Crippen molar-refractivity contribution in [2.75, 3.05) is 24.5 Å². The third-order valence-electron chi connectivity index (χ3n) is 6.02. The van der Waals surface area contributed by atoms with Gasteiger partial charge in [-0.1, -0.05) is 24.3 Å². The van der Waals surface area contributed by atoms with Crippen LogP contribution < -0.4 is 4.90 Å². The highest BCUT2D eigenvalue weighted by molar-refractivity contribution is 5.85. The first-order valence-corrected chi connectivity index (χ1v) is 9.77. The number of fused-ring (bicyclic) bond motifs is 1. The summed E-state index contributed by atoms with van der Waals surface area (Å²) >= 11 is 0. The third kappa shape index (κ3) is 2.93. The lowest BCUT2D eigenvalue weighted by Gasteiger charge is -2.39. The lowest BCUT2D eigenvalue weighted by atomic mass is 9.78. The summed E-state index contributed by atoms with van der Waals surface area (Å²) in [5, 5.41) is 0. The van der Waals surface area contributed by atoms with E-state index in [0.29, 0.717) is 19.1 Å². The lowest BCUT2D eigenvalue weighted by molar-refractivity contribution is -0.145. The molecule has 2 aliphatic rings. The summed E-state index contributed by atoms with van der Waals surface area (Å²) in [6.07, 6.45) is 2.68. The summed E-state index contributed by atoms with van der Waals surface area (Å²) in [6.45, 7) is 2.69. The van der Waals surface area contributed by atoms with E-state index in [2.05, 4.69) is 9.88 Å². The number of benzene rings is 2.